The number of aromatic nitrogens is 2. The van der Waals surface area contributed by atoms with Crippen LogP contribution >= 0.6 is 0 Å². The van der Waals surface area contributed by atoms with Crippen molar-refractivity contribution in [3.63, 3.8) is 0 Å². The number of carbonyl (C=O) groups excluding carboxylic acids is 2. The van der Waals surface area contributed by atoms with Crippen molar-refractivity contribution >= 4 is 11.7 Å². The molecule has 1 amide bonds. The number of ketones is 1. The molecule has 0 spiro atoms. The first-order chi connectivity index (χ1) is 11.6. The number of likely N-dealkylation sites (tertiary alicyclic amines) is 1. The Balaban J connectivity index is 1.88. The molecule has 0 aliphatic carbocycles. The highest BCUT2D eigenvalue weighted by Gasteiger charge is 2.30. The summed E-state index contributed by atoms with van der Waals surface area (Å²) in [5.41, 5.74) is 1.18. The molecule has 1 aromatic heterocycles. The second-order valence-corrected chi connectivity index (χ2v) is 6.17. The highest BCUT2D eigenvalue weighted by Crippen LogP contribution is 2.29. The van der Waals surface area contributed by atoms with Gasteiger partial charge in [-0.1, -0.05) is 30.1 Å². The molecular formula is C18H21N3O3. The molecule has 1 aliphatic heterocycles. The third kappa shape index (κ3) is 3.37. The Morgan fingerprint density at radius 1 is 1.12 bits per heavy atom. The molecule has 1 aromatic carbocycles. The molecule has 0 unspecified atom stereocenters. The van der Waals surface area contributed by atoms with E-state index >= 15 is 0 Å². The minimum atomic E-state index is -0.162. The molecule has 1 saturated heterocycles. The Morgan fingerprint density at radius 3 is 2.46 bits per heavy atom. The summed E-state index contributed by atoms with van der Waals surface area (Å²) in [5.74, 6) is 1.01. The van der Waals surface area contributed by atoms with Crippen LogP contribution in [0.25, 0.3) is 0 Å². The second kappa shape index (κ2) is 6.95. The van der Waals surface area contributed by atoms with Crippen LogP contribution in [0.4, 0.5) is 0 Å². The van der Waals surface area contributed by atoms with Gasteiger partial charge in [0.25, 0.3) is 5.91 Å². The number of hydrogen-bond donors (Lipinski definition) is 0. The van der Waals surface area contributed by atoms with E-state index in [9.17, 15) is 9.59 Å². The van der Waals surface area contributed by atoms with E-state index in [-0.39, 0.29) is 17.7 Å². The molecule has 126 valence electrons. The van der Waals surface area contributed by atoms with Crippen molar-refractivity contribution in [2.75, 3.05) is 6.54 Å². The molecule has 0 radical (unpaired) electrons. The Labute approximate surface area is 140 Å². The smallest absolute Gasteiger partial charge is 0.254 e. The molecule has 1 atom stereocenters. The molecule has 6 heteroatoms. The zero-order valence-corrected chi connectivity index (χ0v) is 14.0. The first-order valence-corrected chi connectivity index (χ1v) is 8.28. The third-order valence-electron chi connectivity index (χ3n) is 4.39. The Hall–Kier alpha value is -2.50. The summed E-state index contributed by atoms with van der Waals surface area (Å²) in [6.45, 7) is 3.94. The maximum atomic E-state index is 13.0. The van der Waals surface area contributed by atoms with Crippen LogP contribution in [0.2, 0.25) is 0 Å². The topological polar surface area (TPSA) is 76.3 Å². The zero-order chi connectivity index (χ0) is 17.1. The summed E-state index contributed by atoms with van der Waals surface area (Å²) in [6.07, 6.45) is 3.91. The molecule has 6 nitrogen and oxygen atoms in total. The molecule has 0 saturated carbocycles. The lowest BCUT2D eigenvalue weighted by Gasteiger charge is -2.28. The van der Waals surface area contributed by atoms with E-state index in [0.717, 1.165) is 25.7 Å². The maximum absolute atomic E-state index is 13.0. The van der Waals surface area contributed by atoms with Crippen LogP contribution in [0.5, 0.6) is 0 Å². The van der Waals surface area contributed by atoms with E-state index in [2.05, 4.69) is 10.1 Å². The van der Waals surface area contributed by atoms with Crippen molar-refractivity contribution < 1.29 is 14.1 Å². The first-order valence-electron chi connectivity index (χ1n) is 8.28. The van der Waals surface area contributed by atoms with E-state index in [4.69, 9.17) is 4.52 Å². The summed E-state index contributed by atoms with van der Waals surface area (Å²) >= 11 is 0. The van der Waals surface area contributed by atoms with Gasteiger partial charge in [0.1, 0.15) is 0 Å². The lowest BCUT2D eigenvalue weighted by atomic mass is 10.1. The van der Waals surface area contributed by atoms with Gasteiger partial charge in [-0.25, -0.2) is 0 Å². The number of nitrogens with zero attached hydrogens (tertiary/aromatic N) is 3. The predicted molar refractivity (Wildman–Crippen MR) is 87.7 cm³/mol. The maximum Gasteiger partial charge on any atom is 0.254 e. The van der Waals surface area contributed by atoms with Crippen molar-refractivity contribution in [3.05, 3.63) is 47.1 Å². The van der Waals surface area contributed by atoms with E-state index in [1.54, 1.807) is 31.2 Å². The van der Waals surface area contributed by atoms with Crippen LogP contribution in [0, 0.1) is 6.92 Å². The van der Waals surface area contributed by atoms with E-state index in [1.165, 1.54) is 6.92 Å². The van der Waals surface area contributed by atoms with Crippen LogP contribution in [-0.4, -0.2) is 33.3 Å². The molecule has 1 aliphatic rings. The van der Waals surface area contributed by atoms with Gasteiger partial charge in [0.2, 0.25) is 5.89 Å². The lowest BCUT2D eigenvalue weighted by molar-refractivity contribution is 0.0670. The summed E-state index contributed by atoms with van der Waals surface area (Å²) in [6, 6.07) is 6.65. The molecule has 0 N–H and O–H groups in total. The third-order valence-corrected chi connectivity index (χ3v) is 4.39. The van der Waals surface area contributed by atoms with E-state index in [1.807, 2.05) is 4.90 Å². The number of amides is 1. The minimum Gasteiger partial charge on any atom is -0.340 e. The fraction of sp³-hybridized carbons (Fsp3) is 0.444. The van der Waals surface area contributed by atoms with Crippen LogP contribution in [0.3, 0.4) is 0 Å². The normalized spacial score (nSPS) is 18.2. The predicted octanol–water partition coefficient (Wildman–Crippen LogP) is 3.34. The molecule has 24 heavy (non-hydrogen) atoms. The number of benzene rings is 1. The summed E-state index contributed by atoms with van der Waals surface area (Å²) in [4.78, 5) is 30.5. The van der Waals surface area contributed by atoms with Crippen molar-refractivity contribution in [2.45, 2.75) is 45.6 Å². The average Bonchev–Trinajstić information content (AvgIpc) is 2.86. The number of hydrogen-bond acceptors (Lipinski definition) is 5. The van der Waals surface area contributed by atoms with Gasteiger partial charge in [-0.2, -0.15) is 4.98 Å². The summed E-state index contributed by atoms with van der Waals surface area (Å²) in [5, 5.41) is 4.02. The summed E-state index contributed by atoms with van der Waals surface area (Å²) in [7, 11) is 0. The fourth-order valence-corrected chi connectivity index (χ4v) is 3.08. The van der Waals surface area contributed by atoms with Crippen LogP contribution < -0.4 is 0 Å². The molecule has 3 rings (SSSR count). The molecule has 2 heterocycles. The SMILES string of the molecule is CC(=O)c1ccc(C(=O)N2CCCCC[C@@H]2c2noc(C)n2)cc1. The van der Waals surface area contributed by atoms with Gasteiger partial charge in [-0.05, 0) is 31.9 Å². The second-order valence-electron chi connectivity index (χ2n) is 6.17. The van der Waals surface area contributed by atoms with Crippen LogP contribution in [0.15, 0.2) is 28.8 Å². The van der Waals surface area contributed by atoms with Gasteiger partial charge in [-0.3, -0.25) is 9.59 Å². The molecule has 1 fully saturated rings. The van der Waals surface area contributed by atoms with Crippen LogP contribution in [-0.2, 0) is 0 Å². The van der Waals surface area contributed by atoms with Gasteiger partial charge in [-0.15, -0.1) is 0 Å². The van der Waals surface area contributed by atoms with Gasteiger partial charge >= 0.3 is 0 Å². The van der Waals surface area contributed by atoms with Crippen molar-refractivity contribution in [3.8, 4) is 0 Å². The quantitative estimate of drug-likeness (QED) is 0.808. The van der Waals surface area contributed by atoms with Gasteiger partial charge < -0.3 is 9.42 Å². The Kier molecular flexibility index (Phi) is 4.74. The number of aryl methyl sites for hydroxylation is 1. The first kappa shape index (κ1) is 16.4. The Bertz CT molecular complexity index is 736. The number of carbonyl (C=O) groups is 2. The molecule has 0 bridgehead atoms. The van der Waals surface area contributed by atoms with Crippen molar-refractivity contribution in [1.29, 1.82) is 0 Å². The van der Waals surface area contributed by atoms with Gasteiger partial charge in [0.05, 0.1) is 6.04 Å². The Morgan fingerprint density at radius 2 is 1.83 bits per heavy atom. The fourth-order valence-electron chi connectivity index (χ4n) is 3.08. The average molecular weight is 327 g/mol. The highest BCUT2D eigenvalue weighted by molar-refractivity contribution is 5.97. The van der Waals surface area contributed by atoms with Crippen molar-refractivity contribution in [2.24, 2.45) is 0 Å². The number of Topliss-reactive ketones (excluding diaryl/α,β-unsaturated/α-hetero) is 1. The standard InChI is InChI=1S/C18H21N3O3/c1-12(22)14-7-9-15(10-8-14)18(23)21-11-5-3-4-6-16(21)17-19-13(2)24-20-17/h7-10,16H,3-6,11H2,1-2H3/t16-/m1/s1. The molecular weight excluding hydrogens is 306 g/mol. The van der Waals surface area contributed by atoms with Crippen molar-refractivity contribution in [1.82, 2.24) is 15.0 Å². The lowest BCUT2D eigenvalue weighted by Crippen LogP contribution is -2.35. The van der Waals surface area contributed by atoms with Crippen LogP contribution in [0.1, 0.15) is 71.1 Å². The van der Waals surface area contributed by atoms with Gasteiger partial charge in [0.15, 0.2) is 11.6 Å². The molecule has 2 aromatic rings. The summed E-state index contributed by atoms with van der Waals surface area (Å²) < 4.78 is 5.10. The van der Waals surface area contributed by atoms with E-state index < -0.39 is 0 Å². The number of rotatable bonds is 3. The largest absolute Gasteiger partial charge is 0.340 e. The highest BCUT2D eigenvalue weighted by atomic mass is 16.5. The minimum absolute atomic E-state index is 0.0103. The monoisotopic (exact) mass is 327 g/mol. The zero-order valence-electron chi connectivity index (χ0n) is 14.0. The van der Waals surface area contributed by atoms with Gasteiger partial charge in [0, 0.05) is 24.6 Å². The van der Waals surface area contributed by atoms with E-state index in [0.29, 0.717) is 29.4 Å².